The third kappa shape index (κ3) is 3.93. The normalized spacial score (nSPS) is 18.6. The number of halogens is 4. The van der Waals surface area contributed by atoms with Gasteiger partial charge in [0, 0.05) is 18.7 Å². The number of benzene rings is 1. The Bertz CT molecular complexity index is 756. The second kappa shape index (κ2) is 6.52. The fourth-order valence-electron chi connectivity index (χ4n) is 2.49. The van der Waals surface area contributed by atoms with Crippen molar-refractivity contribution in [2.24, 2.45) is 5.92 Å². The van der Waals surface area contributed by atoms with E-state index in [0.29, 0.717) is 12.6 Å². The predicted molar refractivity (Wildman–Crippen MR) is 80.5 cm³/mol. The standard InChI is InChI=1S/C14H13F4N3O2S/c15-9-4-8(23-14(16,17)18)5-10-11(9)20-13(24-10)21-12(22)7-2-1-3-19-6-7/h4-5,7,19H,1-3,6H2,(H,20,21,22). The van der Waals surface area contributed by atoms with E-state index in [4.69, 9.17) is 0 Å². The van der Waals surface area contributed by atoms with Crippen LogP contribution in [0.4, 0.5) is 22.7 Å². The molecule has 1 aliphatic heterocycles. The Labute approximate surface area is 138 Å². The molecule has 1 aromatic heterocycles. The van der Waals surface area contributed by atoms with Gasteiger partial charge in [-0.05, 0) is 19.4 Å². The van der Waals surface area contributed by atoms with Gasteiger partial charge in [-0.2, -0.15) is 0 Å². The molecule has 2 N–H and O–H groups in total. The maximum Gasteiger partial charge on any atom is 0.573 e. The average Bonchev–Trinajstić information content (AvgIpc) is 2.89. The summed E-state index contributed by atoms with van der Waals surface area (Å²) in [4.78, 5) is 16.1. The summed E-state index contributed by atoms with van der Waals surface area (Å²) >= 11 is 0.893. The second-order valence-electron chi connectivity index (χ2n) is 5.35. The fraction of sp³-hybridized carbons (Fsp3) is 0.429. The highest BCUT2D eigenvalue weighted by molar-refractivity contribution is 7.22. The van der Waals surface area contributed by atoms with Crippen molar-refractivity contribution in [2.45, 2.75) is 19.2 Å². The molecular formula is C14H13F4N3O2S. The van der Waals surface area contributed by atoms with Crippen molar-refractivity contribution in [1.29, 1.82) is 0 Å². The van der Waals surface area contributed by atoms with Gasteiger partial charge in [0.1, 0.15) is 11.3 Å². The van der Waals surface area contributed by atoms with E-state index in [1.165, 1.54) is 0 Å². The third-order valence-corrected chi connectivity index (χ3v) is 4.47. The summed E-state index contributed by atoms with van der Waals surface area (Å²) in [5.41, 5.74) is -0.105. The van der Waals surface area contributed by atoms with Gasteiger partial charge in [-0.15, -0.1) is 13.2 Å². The lowest BCUT2D eigenvalue weighted by atomic mass is 9.99. The van der Waals surface area contributed by atoms with Gasteiger partial charge in [0.25, 0.3) is 0 Å². The predicted octanol–water partition coefficient (Wildman–Crippen LogP) is 3.27. The number of alkyl halides is 3. The minimum atomic E-state index is -4.91. The van der Waals surface area contributed by atoms with Crippen LogP contribution >= 0.6 is 11.3 Å². The van der Waals surface area contributed by atoms with E-state index in [1.54, 1.807) is 0 Å². The summed E-state index contributed by atoms with van der Waals surface area (Å²) in [6, 6.07) is 1.66. The average molecular weight is 363 g/mol. The van der Waals surface area contributed by atoms with Crippen LogP contribution < -0.4 is 15.4 Å². The Kier molecular flexibility index (Phi) is 4.59. The Morgan fingerprint density at radius 3 is 2.88 bits per heavy atom. The Balaban J connectivity index is 1.80. The van der Waals surface area contributed by atoms with Crippen molar-refractivity contribution in [3.05, 3.63) is 17.9 Å². The van der Waals surface area contributed by atoms with E-state index in [2.05, 4.69) is 20.4 Å². The van der Waals surface area contributed by atoms with Gasteiger partial charge in [-0.1, -0.05) is 11.3 Å². The lowest BCUT2D eigenvalue weighted by molar-refractivity contribution is -0.274. The second-order valence-corrected chi connectivity index (χ2v) is 6.38. The summed E-state index contributed by atoms with van der Waals surface area (Å²) in [5, 5.41) is 5.84. The van der Waals surface area contributed by atoms with Crippen molar-refractivity contribution < 1.29 is 27.1 Å². The highest BCUT2D eigenvalue weighted by Crippen LogP contribution is 2.33. The van der Waals surface area contributed by atoms with Crippen LogP contribution in [0.2, 0.25) is 0 Å². The van der Waals surface area contributed by atoms with E-state index >= 15 is 0 Å². The molecule has 1 aromatic carbocycles. The van der Waals surface area contributed by atoms with E-state index in [9.17, 15) is 22.4 Å². The zero-order chi connectivity index (χ0) is 17.3. The first-order valence-electron chi connectivity index (χ1n) is 7.19. The molecule has 2 heterocycles. The van der Waals surface area contributed by atoms with Crippen LogP contribution in [0.5, 0.6) is 5.75 Å². The Morgan fingerprint density at radius 1 is 1.42 bits per heavy atom. The number of carbonyl (C=O) groups excluding carboxylic acids is 1. The molecule has 130 valence electrons. The molecule has 0 saturated carbocycles. The van der Waals surface area contributed by atoms with Crippen molar-refractivity contribution in [3.8, 4) is 5.75 Å². The van der Waals surface area contributed by atoms with Crippen LogP contribution in [0.25, 0.3) is 10.2 Å². The SMILES string of the molecule is O=C(Nc1nc2c(F)cc(OC(F)(F)F)cc2s1)C1CCCNC1. The molecule has 1 unspecified atom stereocenters. The number of nitrogens with one attached hydrogen (secondary N) is 2. The molecule has 5 nitrogen and oxygen atoms in total. The van der Waals surface area contributed by atoms with Gasteiger partial charge in [-0.25, -0.2) is 9.37 Å². The summed E-state index contributed by atoms with van der Waals surface area (Å²) in [6.45, 7) is 1.41. The molecule has 1 atom stereocenters. The first-order valence-corrected chi connectivity index (χ1v) is 8.01. The molecule has 1 saturated heterocycles. The molecule has 3 rings (SSSR count). The van der Waals surface area contributed by atoms with Crippen LogP contribution in [-0.2, 0) is 4.79 Å². The number of nitrogens with zero attached hydrogens (tertiary/aromatic N) is 1. The molecule has 1 aliphatic rings. The van der Waals surface area contributed by atoms with Crippen LogP contribution in [0.15, 0.2) is 12.1 Å². The number of carbonyl (C=O) groups is 1. The molecule has 24 heavy (non-hydrogen) atoms. The van der Waals surface area contributed by atoms with E-state index in [1.807, 2.05) is 0 Å². The first kappa shape index (κ1) is 16.9. The monoisotopic (exact) mass is 363 g/mol. The zero-order valence-electron chi connectivity index (χ0n) is 12.2. The largest absolute Gasteiger partial charge is 0.573 e. The quantitative estimate of drug-likeness (QED) is 0.822. The number of rotatable bonds is 3. The van der Waals surface area contributed by atoms with Gasteiger partial charge >= 0.3 is 6.36 Å². The minimum absolute atomic E-state index is 0.105. The van der Waals surface area contributed by atoms with Crippen LogP contribution in [0.3, 0.4) is 0 Å². The van der Waals surface area contributed by atoms with Gasteiger partial charge < -0.3 is 15.4 Å². The number of aromatic nitrogens is 1. The number of hydrogen-bond acceptors (Lipinski definition) is 5. The lowest BCUT2D eigenvalue weighted by Gasteiger charge is -2.21. The van der Waals surface area contributed by atoms with Crippen LogP contribution in [0, 0.1) is 11.7 Å². The maximum absolute atomic E-state index is 13.9. The molecule has 2 aromatic rings. The highest BCUT2D eigenvalue weighted by atomic mass is 32.1. The minimum Gasteiger partial charge on any atom is -0.406 e. The van der Waals surface area contributed by atoms with Crippen molar-refractivity contribution >= 4 is 32.6 Å². The molecule has 10 heteroatoms. The van der Waals surface area contributed by atoms with E-state index in [0.717, 1.165) is 36.8 Å². The van der Waals surface area contributed by atoms with E-state index < -0.39 is 17.9 Å². The molecule has 0 bridgehead atoms. The number of ether oxygens (including phenoxy) is 1. The Morgan fingerprint density at radius 2 is 2.21 bits per heavy atom. The number of hydrogen-bond donors (Lipinski definition) is 2. The third-order valence-electron chi connectivity index (χ3n) is 3.55. The van der Waals surface area contributed by atoms with Gasteiger partial charge in [-0.3, -0.25) is 4.79 Å². The fourth-order valence-corrected chi connectivity index (χ4v) is 3.41. The summed E-state index contributed by atoms with van der Waals surface area (Å²) in [6.07, 6.45) is -3.29. The Hall–Kier alpha value is -1.94. The number of amides is 1. The van der Waals surface area contributed by atoms with Gasteiger partial charge in [0.15, 0.2) is 10.9 Å². The number of anilines is 1. The first-order chi connectivity index (χ1) is 11.3. The van der Waals surface area contributed by atoms with Crippen molar-refractivity contribution in [1.82, 2.24) is 10.3 Å². The molecule has 0 radical (unpaired) electrons. The van der Waals surface area contributed by atoms with Crippen molar-refractivity contribution in [3.63, 3.8) is 0 Å². The van der Waals surface area contributed by atoms with Crippen LogP contribution in [0.1, 0.15) is 12.8 Å². The number of thiazole rings is 1. The molecule has 1 fully saturated rings. The van der Waals surface area contributed by atoms with Gasteiger partial charge in [0.2, 0.25) is 5.91 Å². The molecular weight excluding hydrogens is 350 g/mol. The zero-order valence-corrected chi connectivity index (χ0v) is 13.1. The van der Waals surface area contributed by atoms with Crippen molar-refractivity contribution in [2.75, 3.05) is 18.4 Å². The number of fused-ring (bicyclic) bond motifs is 1. The topological polar surface area (TPSA) is 63.2 Å². The summed E-state index contributed by atoms with van der Waals surface area (Å²) in [5.74, 6) is -2.05. The van der Waals surface area contributed by atoms with Crippen LogP contribution in [-0.4, -0.2) is 30.3 Å². The summed E-state index contributed by atoms with van der Waals surface area (Å²) < 4.78 is 54.5. The molecule has 0 spiro atoms. The number of piperidine rings is 1. The maximum atomic E-state index is 13.9. The summed E-state index contributed by atoms with van der Waals surface area (Å²) in [7, 11) is 0. The molecule has 1 amide bonds. The lowest BCUT2D eigenvalue weighted by Crippen LogP contribution is -2.37. The highest BCUT2D eigenvalue weighted by Gasteiger charge is 2.31. The smallest absolute Gasteiger partial charge is 0.406 e. The van der Waals surface area contributed by atoms with Gasteiger partial charge in [0.05, 0.1) is 10.6 Å². The van der Waals surface area contributed by atoms with E-state index in [-0.39, 0.29) is 27.2 Å². The molecule has 0 aliphatic carbocycles.